The van der Waals surface area contributed by atoms with Crippen LogP contribution in [0.15, 0.2) is 77.9 Å². The van der Waals surface area contributed by atoms with Crippen molar-refractivity contribution in [3.05, 3.63) is 88.4 Å². The summed E-state index contributed by atoms with van der Waals surface area (Å²) in [4.78, 5) is 12.0. The summed E-state index contributed by atoms with van der Waals surface area (Å²) in [5, 5.41) is 14.7. The monoisotopic (exact) mass is 471 g/mol. The van der Waals surface area contributed by atoms with E-state index in [1.165, 1.54) is 0 Å². The minimum absolute atomic E-state index is 0.446. The van der Waals surface area contributed by atoms with E-state index in [0.29, 0.717) is 26.6 Å². The highest BCUT2D eigenvalue weighted by atomic mass is 35.5. The molecule has 0 heterocycles. The largest absolute Gasteiger partial charge is 0.339 e. The number of thiocarbonyl (C=S) groups is 1. The molecule has 6 nitrogen and oxygen atoms in total. The molecule has 3 aromatic carbocycles. The van der Waals surface area contributed by atoms with Gasteiger partial charge in [0.25, 0.3) is 0 Å². The number of nitrogens with zero attached hydrogens (tertiary/aromatic N) is 1. The van der Waals surface area contributed by atoms with Crippen LogP contribution in [0.5, 0.6) is 0 Å². The van der Waals surface area contributed by atoms with Crippen molar-refractivity contribution < 1.29 is 4.79 Å². The van der Waals surface area contributed by atoms with Crippen LogP contribution in [0.25, 0.3) is 0 Å². The van der Waals surface area contributed by atoms with E-state index in [0.717, 1.165) is 16.9 Å². The molecule has 0 atom stereocenters. The number of anilines is 3. The Balaban J connectivity index is 1.52. The van der Waals surface area contributed by atoms with E-state index in [-0.39, 0.29) is 0 Å². The van der Waals surface area contributed by atoms with Gasteiger partial charge in [-0.2, -0.15) is 5.10 Å². The molecule has 3 aromatic rings. The third kappa shape index (κ3) is 7.25. The number of nitrogens with one attached hydrogen (secondary N) is 4. The number of urea groups is 1. The number of amides is 2. The van der Waals surface area contributed by atoms with Crippen molar-refractivity contribution in [3.63, 3.8) is 0 Å². The lowest BCUT2D eigenvalue weighted by molar-refractivity contribution is 0.252. The van der Waals surface area contributed by atoms with Crippen molar-refractivity contribution >= 4 is 69.3 Å². The van der Waals surface area contributed by atoms with Crippen LogP contribution in [0.3, 0.4) is 0 Å². The quantitative estimate of drug-likeness (QED) is 0.198. The van der Waals surface area contributed by atoms with E-state index >= 15 is 0 Å². The third-order valence-electron chi connectivity index (χ3n) is 4.09. The SMILES string of the molecule is C/C(=N\NC(=O)Nc1ccc(Cl)cc1)c1ccc(NC(=S)Nc2ccc(Cl)cc2)cc1. The molecule has 2 amide bonds. The van der Waals surface area contributed by atoms with Gasteiger partial charge in [-0.1, -0.05) is 35.3 Å². The van der Waals surface area contributed by atoms with Gasteiger partial charge >= 0.3 is 6.03 Å². The zero-order valence-corrected chi connectivity index (χ0v) is 18.8. The molecule has 0 unspecified atom stereocenters. The number of hydrogen-bond acceptors (Lipinski definition) is 3. The van der Waals surface area contributed by atoms with Gasteiger partial charge in [0.05, 0.1) is 5.71 Å². The molecule has 0 fully saturated rings. The van der Waals surface area contributed by atoms with Gasteiger partial charge in [0.15, 0.2) is 5.11 Å². The lowest BCUT2D eigenvalue weighted by atomic mass is 10.1. The van der Waals surface area contributed by atoms with E-state index in [1.54, 1.807) is 43.3 Å². The number of halogens is 2. The van der Waals surface area contributed by atoms with Gasteiger partial charge in [-0.05, 0) is 85.4 Å². The molecule has 4 N–H and O–H groups in total. The Morgan fingerprint density at radius 3 is 1.65 bits per heavy atom. The Morgan fingerprint density at radius 2 is 1.16 bits per heavy atom. The first-order valence-electron chi connectivity index (χ1n) is 9.20. The molecule has 0 radical (unpaired) electrons. The molecule has 0 bridgehead atoms. The first-order valence-corrected chi connectivity index (χ1v) is 10.4. The van der Waals surface area contributed by atoms with Crippen LogP contribution in [0, 0.1) is 0 Å². The molecule has 0 aliphatic carbocycles. The molecule has 0 aliphatic rings. The van der Waals surface area contributed by atoms with Crippen LogP contribution in [-0.2, 0) is 0 Å². The van der Waals surface area contributed by atoms with Gasteiger partial charge in [-0.25, -0.2) is 10.2 Å². The second kappa shape index (κ2) is 10.8. The van der Waals surface area contributed by atoms with Crippen molar-refractivity contribution in [1.29, 1.82) is 0 Å². The van der Waals surface area contributed by atoms with Crippen LogP contribution in [0.2, 0.25) is 10.0 Å². The van der Waals surface area contributed by atoms with Crippen LogP contribution >= 0.6 is 35.4 Å². The summed E-state index contributed by atoms with van der Waals surface area (Å²) in [6.07, 6.45) is 0. The first kappa shape index (κ1) is 22.6. The maximum atomic E-state index is 12.0. The molecule has 0 saturated heterocycles. The number of hydrogen-bond donors (Lipinski definition) is 4. The maximum Gasteiger partial charge on any atom is 0.339 e. The molecule has 9 heteroatoms. The van der Waals surface area contributed by atoms with Crippen molar-refractivity contribution in [3.8, 4) is 0 Å². The average Bonchev–Trinajstić information content (AvgIpc) is 2.76. The van der Waals surface area contributed by atoms with Gasteiger partial charge in [0, 0.05) is 27.1 Å². The Kier molecular flexibility index (Phi) is 7.83. The summed E-state index contributed by atoms with van der Waals surface area (Å²) in [5.74, 6) is 0. The highest BCUT2D eigenvalue weighted by Gasteiger charge is 2.04. The fraction of sp³-hybridized carbons (Fsp3) is 0.0455. The molecule has 0 aliphatic heterocycles. The van der Waals surface area contributed by atoms with Crippen LogP contribution in [0.1, 0.15) is 12.5 Å². The van der Waals surface area contributed by atoms with E-state index in [9.17, 15) is 4.79 Å². The van der Waals surface area contributed by atoms with E-state index in [4.69, 9.17) is 35.4 Å². The highest BCUT2D eigenvalue weighted by Crippen LogP contribution is 2.15. The second-order valence-corrected chi connectivity index (χ2v) is 7.71. The average molecular weight is 472 g/mol. The van der Waals surface area contributed by atoms with Crippen molar-refractivity contribution in [2.75, 3.05) is 16.0 Å². The molecular formula is C22H19Cl2N5OS. The summed E-state index contributed by atoms with van der Waals surface area (Å²) in [5.41, 5.74) is 6.25. The number of carbonyl (C=O) groups is 1. The topological polar surface area (TPSA) is 77.5 Å². The predicted octanol–water partition coefficient (Wildman–Crippen LogP) is 6.35. The van der Waals surface area contributed by atoms with Crippen molar-refractivity contribution in [1.82, 2.24) is 5.43 Å². The molecule has 3 rings (SSSR count). The summed E-state index contributed by atoms with van der Waals surface area (Å²) >= 11 is 17.0. The Bertz CT molecular complexity index is 1080. The summed E-state index contributed by atoms with van der Waals surface area (Å²) < 4.78 is 0. The number of rotatable bonds is 5. The summed E-state index contributed by atoms with van der Waals surface area (Å²) in [6, 6.07) is 21.1. The normalized spacial score (nSPS) is 10.9. The van der Waals surface area contributed by atoms with Crippen LogP contribution < -0.4 is 21.4 Å². The Labute approximate surface area is 195 Å². The molecular weight excluding hydrogens is 453 g/mol. The Hall–Kier alpha value is -3.13. The highest BCUT2D eigenvalue weighted by molar-refractivity contribution is 7.80. The third-order valence-corrected chi connectivity index (χ3v) is 4.80. The fourth-order valence-electron chi connectivity index (χ4n) is 2.51. The summed E-state index contributed by atoms with van der Waals surface area (Å²) in [7, 11) is 0. The molecule has 31 heavy (non-hydrogen) atoms. The number of carbonyl (C=O) groups excluding carboxylic acids is 1. The smallest absolute Gasteiger partial charge is 0.332 e. The first-order chi connectivity index (χ1) is 14.9. The minimum Gasteiger partial charge on any atom is -0.332 e. The van der Waals surface area contributed by atoms with Gasteiger partial charge < -0.3 is 16.0 Å². The fourth-order valence-corrected chi connectivity index (χ4v) is 3.00. The molecule has 0 spiro atoms. The molecule has 0 aromatic heterocycles. The minimum atomic E-state index is -0.446. The van der Waals surface area contributed by atoms with Crippen LogP contribution in [-0.4, -0.2) is 16.9 Å². The zero-order valence-electron chi connectivity index (χ0n) is 16.4. The van der Waals surface area contributed by atoms with Crippen LogP contribution in [0.4, 0.5) is 21.9 Å². The van der Waals surface area contributed by atoms with Gasteiger partial charge in [-0.15, -0.1) is 0 Å². The van der Waals surface area contributed by atoms with E-state index in [2.05, 4.69) is 26.5 Å². The molecule has 0 saturated carbocycles. The standard InChI is InChI=1S/C22H19Cl2N5OS/c1-14(28-29-21(30)25-18-10-4-16(23)5-11-18)15-2-8-19(9-3-15)26-22(31)27-20-12-6-17(24)7-13-20/h2-13H,1H3,(H2,25,29,30)(H2,26,27,31)/b28-14+. The van der Waals surface area contributed by atoms with E-state index in [1.807, 2.05) is 36.4 Å². The van der Waals surface area contributed by atoms with Gasteiger partial charge in [0.2, 0.25) is 0 Å². The lowest BCUT2D eigenvalue weighted by Crippen LogP contribution is -2.25. The molecule has 158 valence electrons. The van der Waals surface area contributed by atoms with E-state index < -0.39 is 6.03 Å². The van der Waals surface area contributed by atoms with Gasteiger partial charge in [-0.3, -0.25) is 0 Å². The maximum absolute atomic E-state index is 12.0. The number of benzene rings is 3. The van der Waals surface area contributed by atoms with Crippen molar-refractivity contribution in [2.45, 2.75) is 6.92 Å². The zero-order chi connectivity index (χ0) is 22.2. The van der Waals surface area contributed by atoms with Gasteiger partial charge in [0.1, 0.15) is 0 Å². The van der Waals surface area contributed by atoms with Crippen molar-refractivity contribution in [2.24, 2.45) is 5.10 Å². The Morgan fingerprint density at radius 1 is 0.742 bits per heavy atom. The second-order valence-electron chi connectivity index (χ2n) is 6.43. The number of hydrazone groups is 1. The lowest BCUT2D eigenvalue weighted by Gasteiger charge is -2.11. The summed E-state index contributed by atoms with van der Waals surface area (Å²) in [6.45, 7) is 1.80. The predicted molar refractivity (Wildman–Crippen MR) is 134 cm³/mol.